The number of halogens is 1. The van der Waals surface area contributed by atoms with Gasteiger partial charge in [-0.1, -0.05) is 0 Å². The van der Waals surface area contributed by atoms with Gasteiger partial charge in [-0.15, -0.1) is 0 Å². The third kappa shape index (κ3) is 4.08. The fourth-order valence-electron chi connectivity index (χ4n) is 2.48. The third-order valence-electron chi connectivity index (χ3n) is 3.67. The van der Waals surface area contributed by atoms with Crippen molar-refractivity contribution in [2.24, 2.45) is 5.92 Å². The Kier molecular flexibility index (Phi) is 4.49. The van der Waals surface area contributed by atoms with Crippen LogP contribution in [0.3, 0.4) is 0 Å². The molecule has 1 fully saturated rings. The highest BCUT2D eigenvalue weighted by molar-refractivity contribution is 5.05. The summed E-state index contributed by atoms with van der Waals surface area (Å²) in [4.78, 5) is 6.49. The Balaban J connectivity index is 1.67. The number of likely N-dealkylation sites (tertiary alicyclic amines) is 1. The van der Waals surface area contributed by atoms with Crippen LogP contribution in [-0.2, 0) is 6.42 Å². The van der Waals surface area contributed by atoms with E-state index in [2.05, 4.69) is 16.9 Å². The Morgan fingerprint density at radius 2 is 2.12 bits per heavy atom. The van der Waals surface area contributed by atoms with Gasteiger partial charge in [0.2, 0.25) is 0 Å². The Bertz CT molecular complexity index is 329. The maximum Gasteiger partial charge on any atom is 0.141 e. The number of pyridine rings is 1. The monoisotopic (exact) mass is 236 g/mol. The molecule has 1 aliphatic rings. The van der Waals surface area contributed by atoms with Crippen LogP contribution in [0.25, 0.3) is 0 Å². The Hall–Kier alpha value is -0.960. The van der Waals surface area contributed by atoms with Gasteiger partial charge in [0.15, 0.2) is 0 Å². The summed E-state index contributed by atoms with van der Waals surface area (Å²) < 4.78 is 12.7. The van der Waals surface area contributed by atoms with E-state index in [1.54, 1.807) is 6.07 Å². The lowest BCUT2D eigenvalue weighted by Crippen LogP contribution is -2.30. The molecule has 0 saturated carbocycles. The van der Waals surface area contributed by atoms with Crippen molar-refractivity contribution in [2.75, 3.05) is 20.1 Å². The first kappa shape index (κ1) is 12.5. The highest BCUT2D eigenvalue weighted by Gasteiger charge is 2.15. The summed E-state index contributed by atoms with van der Waals surface area (Å²) in [6, 6.07) is 3.29. The van der Waals surface area contributed by atoms with Crippen LogP contribution in [-0.4, -0.2) is 30.0 Å². The van der Waals surface area contributed by atoms with E-state index in [0.29, 0.717) is 0 Å². The maximum atomic E-state index is 12.7. The van der Waals surface area contributed by atoms with Gasteiger partial charge >= 0.3 is 0 Å². The van der Waals surface area contributed by atoms with Gasteiger partial charge in [-0.25, -0.2) is 4.39 Å². The van der Waals surface area contributed by atoms with Gasteiger partial charge in [-0.05, 0) is 70.3 Å². The van der Waals surface area contributed by atoms with Crippen molar-refractivity contribution in [2.45, 2.75) is 32.1 Å². The van der Waals surface area contributed by atoms with Crippen LogP contribution in [0.2, 0.25) is 0 Å². The molecule has 0 aromatic carbocycles. The van der Waals surface area contributed by atoms with Crippen molar-refractivity contribution < 1.29 is 4.39 Å². The molecule has 2 rings (SSSR count). The second-order valence-corrected chi connectivity index (χ2v) is 5.11. The van der Waals surface area contributed by atoms with E-state index in [9.17, 15) is 4.39 Å². The van der Waals surface area contributed by atoms with Crippen molar-refractivity contribution in [1.82, 2.24) is 9.88 Å². The second kappa shape index (κ2) is 6.10. The molecule has 3 heteroatoms. The van der Waals surface area contributed by atoms with Crippen LogP contribution in [0.4, 0.5) is 4.39 Å². The summed E-state index contributed by atoms with van der Waals surface area (Å²) in [6.07, 6.45) is 7.40. The quantitative estimate of drug-likeness (QED) is 0.799. The number of nitrogens with zero attached hydrogens (tertiary/aromatic N) is 2. The SMILES string of the molecule is CN1CCC(CCCc2ccc(F)cn2)CC1. The Morgan fingerprint density at radius 3 is 2.76 bits per heavy atom. The molecule has 0 atom stereocenters. The molecule has 94 valence electrons. The number of aromatic nitrogens is 1. The highest BCUT2D eigenvalue weighted by Crippen LogP contribution is 2.21. The lowest BCUT2D eigenvalue weighted by atomic mass is 9.91. The summed E-state index contributed by atoms with van der Waals surface area (Å²) in [7, 11) is 2.19. The van der Waals surface area contributed by atoms with Gasteiger partial charge in [0.05, 0.1) is 6.20 Å². The van der Waals surface area contributed by atoms with E-state index in [0.717, 1.165) is 18.0 Å². The molecule has 0 radical (unpaired) electrons. The molecular formula is C14H21FN2. The van der Waals surface area contributed by atoms with Gasteiger partial charge in [-0.3, -0.25) is 4.98 Å². The molecule has 1 aliphatic heterocycles. The lowest BCUT2D eigenvalue weighted by molar-refractivity contribution is 0.210. The van der Waals surface area contributed by atoms with Crippen molar-refractivity contribution >= 4 is 0 Å². The van der Waals surface area contributed by atoms with Crippen molar-refractivity contribution in [3.05, 3.63) is 29.8 Å². The third-order valence-corrected chi connectivity index (χ3v) is 3.67. The van der Waals surface area contributed by atoms with Crippen LogP contribution < -0.4 is 0 Å². The first-order chi connectivity index (χ1) is 8.24. The van der Waals surface area contributed by atoms with Crippen LogP contribution in [0.15, 0.2) is 18.3 Å². The smallest absolute Gasteiger partial charge is 0.141 e. The van der Waals surface area contributed by atoms with Gasteiger partial charge in [0.1, 0.15) is 5.82 Å². The van der Waals surface area contributed by atoms with Gasteiger partial charge in [0.25, 0.3) is 0 Å². The topological polar surface area (TPSA) is 16.1 Å². The van der Waals surface area contributed by atoms with E-state index in [1.807, 2.05) is 0 Å². The molecule has 0 spiro atoms. The van der Waals surface area contributed by atoms with Crippen molar-refractivity contribution in [3.63, 3.8) is 0 Å². The summed E-state index contributed by atoms with van der Waals surface area (Å²) in [5.41, 5.74) is 1.01. The normalized spacial score (nSPS) is 18.5. The molecular weight excluding hydrogens is 215 g/mol. The number of rotatable bonds is 4. The zero-order valence-corrected chi connectivity index (χ0v) is 10.5. The molecule has 0 unspecified atom stereocenters. The molecule has 0 amide bonds. The Labute approximate surface area is 103 Å². The molecule has 2 nitrogen and oxygen atoms in total. The summed E-state index contributed by atoms with van der Waals surface area (Å²) in [5, 5.41) is 0. The molecule has 1 aromatic heterocycles. The van der Waals surface area contributed by atoms with Crippen LogP contribution in [0.5, 0.6) is 0 Å². The molecule has 1 aromatic rings. The summed E-state index contributed by atoms with van der Waals surface area (Å²) >= 11 is 0. The van der Waals surface area contributed by atoms with Crippen LogP contribution >= 0.6 is 0 Å². The molecule has 0 N–H and O–H groups in total. The fourth-order valence-corrected chi connectivity index (χ4v) is 2.48. The predicted octanol–water partition coefficient (Wildman–Crippen LogP) is 2.89. The minimum atomic E-state index is -0.246. The minimum Gasteiger partial charge on any atom is -0.306 e. The molecule has 0 bridgehead atoms. The number of piperidine rings is 1. The largest absolute Gasteiger partial charge is 0.306 e. The number of hydrogen-bond acceptors (Lipinski definition) is 2. The first-order valence-electron chi connectivity index (χ1n) is 6.53. The zero-order chi connectivity index (χ0) is 12.1. The zero-order valence-electron chi connectivity index (χ0n) is 10.5. The summed E-state index contributed by atoms with van der Waals surface area (Å²) in [5.74, 6) is 0.635. The fraction of sp³-hybridized carbons (Fsp3) is 0.643. The van der Waals surface area contributed by atoms with E-state index >= 15 is 0 Å². The average Bonchev–Trinajstić information content (AvgIpc) is 2.34. The maximum absolute atomic E-state index is 12.7. The molecule has 1 saturated heterocycles. The van der Waals surface area contributed by atoms with Crippen LogP contribution in [0.1, 0.15) is 31.4 Å². The predicted molar refractivity (Wildman–Crippen MR) is 67.4 cm³/mol. The average molecular weight is 236 g/mol. The van der Waals surface area contributed by atoms with Crippen molar-refractivity contribution in [3.8, 4) is 0 Å². The van der Waals surface area contributed by atoms with E-state index in [4.69, 9.17) is 0 Å². The second-order valence-electron chi connectivity index (χ2n) is 5.11. The summed E-state index contributed by atoms with van der Waals surface area (Å²) in [6.45, 7) is 2.47. The van der Waals surface area contributed by atoms with E-state index < -0.39 is 0 Å². The standard InChI is InChI=1S/C14H21FN2/c1-17-9-7-12(8-10-17)3-2-4-14-6-5-13(15)11-16-14/h5-6,11-12H,2-4,7-10H2,1H3. The Morgan fingerprint density at radius 1 is 1.35 bits per heavy atom. The van der Waals surface area contributed by atoms with Gasteiger partial charge < -0.3 is 4.90 Å². The minimum absolute atomic E-state index is 0.246. The van der Waals surface area contributed by atoms with Crippen molar-refractivity contribution in [1.29, 1.82) is 0 Å². The van der Waals surface area contributed by atoms with Gasteiger partial charge in [-0.2, -0.15) is 0 Å². The number of aryl methyl sites for hydroxylation is 1. The highest BCUT2D eigenvalue weighted by atomic mass is 19.1. The molecule has 0 aliphatic carbocycles. The molecule has 17 heavy (non-hydrogen) atoms. The lowest BCUT2D eigenvalue weighted by Gasteiger charge is -2.28. The number of hydrogen-bond donors (Lipinski definition) is 0. The van der Waals surface area contributed by atoms with Gasteiger partial charge in [0, 0.05) is 5.69 Å². The molecule has 2 heterocycles. The van der Waals surface area contributed by atoms with E-state index in [1.165, 1.54) is 51.0 Å². The van der Waals surface area contributed by atoms with E-state index in [-0.39, 0.29) is 5.82 Å². The first-order valence-corrected chi connectivity index (χ1v) is 6.53. The van der Waals surface area contributed by atoms with Crippen LogP contribution in [0, 0.1) is 11.7 Å².